The molecule has 0 bridgehead atoms. The maximum absolute atomic E-state index is 11.0. The maximum atomic E-state index is 11.0. The highest BCUT2D eigenvalue weighted by Gasteiger charge is 2.05. The van der Waals surface area contributed by atoms with Gasteiger partial charge in [0.15, 0.2) is 0 Å². The molecule has 1 rings (SSSR count). The Morgan fingerprint density at radius 1 is 1.46 bits per heavy atom. The van der Waals surface area contributed by atoms with E-state index in [-0.39, 0.29) is 18.4 Å². The zero-order chi connectivity index (χ0) is 9.14. The number of carbonyl (C=O) groups is 1. The highest BCUT2D eigenvalue weighted by molar-refractivity contribution is 9.10. The summed E-state index contributed by atoms with van der Waals surface area (Å²) in [5, 5.41) is 0. The molecule has 1 aromatic carbocycles. The van der Waals surface area contributed by atoms with Crippen LogP contribution in [0.3, 0.4) is 0 Å². The first-order chi connectivity index (χ1) is 5.63. The third kappa shape index (κ3) is 3.24. The number of ether oxygens (including phenoxy) is 1. The Labute approximate surface area is 90.8 Å². The number of esters is 1. The second kappa shape index (κ2) is 5.09. The standard InChI is InChI=1S/C8H8BrNO2.ClH/c1-12-8(11)5-2-6(9)4-7(10)3-5;/h2-4H,10H2,1H3;1H. The molecule has 2 N–H and O–H groups in total. The lowest BCUT2D eigenvalue weighted by molar-refractivity contribution is 0.0600. The molecule has 0 amide bonds. The molecule has 0 aliphatic heterocycles. The zero-order valence-electron chi connectivity index (χ0n) is 6.91. The fourth-order valence-corrected chi connectivity index (χ4v) is 1.36. The van der Waals surface area contributed by atoms with Crippen LogP contribution in [-0.4, -0.2) is 13.1 Å². The molecule has 0 saturated carbocycles. The molecule has 0 saturated heterocycles. The Morgan fingerprint density at radius 3 is 2.54 bits per heavy atom. The molecule has 0 aliphatic carbocycles. The molecule has 5 heteroatoms. The number of rotatable bonds is 1. The molecule has 1 aromatic rings. The van der Waals surface area contributed by atoms with Crippen LogP contribution >= 0.6 is 28.3 Å². The van der Waals surface area contributed by atoms with Crippen LogP contribution < -0.4 is 5.73 Å². The third-order valence-electron chi connectivity index (χ3n) is 1.34. The van der Waals surface area contributed by atoms with Crippen molar-refractivity contribution in [1.29, 1.82) is 0 Å². The minimum Gasteiger partial charge on any atom is -0.465 e. The molecule has 0 radical (unpaired) electrons. The van der Waals surface area contributed by atoms with Crippen LogP contribution in [0.4, 0.5) is 5.69 Å². The van der Waals surface area contributed by atoms with Crippen molar-refractivity contribution in [3.63, 3.8) is 0 Å². The molecule has 72 valence electrons. The molecular formula is C8H9BrClNO2. The second-order valence-corrected chi connectivity index (χ2v) is 3.18. The first-order valence-electron chi connectivity index (χ1n) is 3.28. The van der Waals surface area contributed by atoms with Crippen LogP contribution in [0.2, 0.25) is 0 Å². The van der Waals surface area contributed by atoms with Gasteiger partial charge in [0.05, 0.1) is 12.7 Å². The van der Waals surface area contributed by atoms with Crippen LogP contribution in [0.15, 0.2) is 22.7 Å². The van der Waals surface area contributed by atoms with Crippen molar-refractivity contribution < 1.29 is 9.53 Å². The SMILES string of the molecule is COC(=O)c1cc(N)cc(Br)c1.Cl. The summed E-state index contributed by atoms with van der Waals surface area (Å²) in [5.41, 5.74) is 6.49. The number of nitrogens with two attached hydrogens (primary N) is 1. The summed E-state index contributed by atoms with van der Waals surface area (Å²) in [6, 6.07) is 4.94. The zero-order valence-corrected chi connectivity index (χ0v) is 9.31. The lowest BCUT2D eigenvalue weighted by atomic mass is 10.2. The number of methoxy groups -OCH3 is 1. The number of carbonyl (C=O) groups excluding carboxylic acids is 1. The van der Waals surface area contributed by atoms with Crippen molar-refractivity contribution in [2.45, 2.75) is 0 Å². The highest BCUT2D eigenvalue weighted by atomic mass is 79.9. The fourth-order valence-electron chi connectivity index (χ4n) is 0.848. The van der Waals surface area contributed by atoms with E-state index in [1.54, 1.807) is 18.2 Å². The number of hydrogen-bond acceptors (Lipinski definition) is 3. The number of benzene rings is 1. The van der Waals surface area contributed by atoms with Gasteiger partial charge in [-0.3, -0.25) is 0 Å². The maximum Gasteiger partial charge on any atom is 0.337 e. The molecule has 0 fully saturated rings. The van der Waals surface area contributed by atoms with Crippen LogP contribution in [-0.2, 0) is 4.74 Å². The Hall–Kier alpha value is -0.740. The topological polar surface area (TPSA) is 52.3 Å². The first-order valence-corrected chi connectivity index (χ1v) is 4.07. The van der Waals surface area contributed by atoms with E-state index < -0.39 is 0 Å². The van der Waals surface area contributed by atoms with E-state index in [1.165, 1.54) is 7.11 Å². The molecule has 13 heavy (non-hydrogen) atoms. The van der Waals surface area contributed by atoms with Crippen molar-refractivity contribution in [1.82, 2.24) is 0 Å². The van der Waals surface area contributed by atoms with Crippen LogP contribution in [0.1, 0.15) is 10.4 Å². The summed E-state index contributed by atoms with van der Waals surface area (Å²) in [4.78, 5) is 11.0. The van der Waals surface area contributed by atoms with Crippen molar-refractivity contribution >= 4 is 40.0 Å². The average Bonchev–Trinajstić information content (AvgIpc) is 2.01. The number of anilines is 1. The Balaban J connectivity index is 0.00000144. The van der Waals surface area contributed by atoms with Crippen LogP contribution in [0.25, 0.3) is 0 Å². The van der Waals surface area contributed by atoms with Crippen molar-refractivity contribution in [2.24, 2.45) is 0 Å². The molecule has 0 heterocycles. The van der Waals surface area contributed by atoms with Gasteiger partial charge in [-0.1, -0.05) is 15.9 Å². The lowest BCUT2D eigenvalue weighted by Gasteiger charge is -2.01. The largest absolute Gasteiger partial charge is 0.465 e. The van der Waals surface area contributed by atoms with Gasteiger partial charge in [-0.15, -0.1) is 12.4 Å². The molecule has 0 unspecified atom stereocenters. The minimum atomic E-state index is -0.386. The van der Waals surface area contributed by atoms with Crippen molar-refractivity contribution in [3.8, 4) is 0 Å². The molecule has 0 atom stereocenters. The Morgan fingerprint density at radius 2 is 2.08 bits per heavy atom. The average molecular weight is 267 g/mol. The fraction of sp³-hybridized carbons (Fsp3) is 0.125. The molecule has 3 nitrogen and oxygen atoms in total. The van der Waals surface area contributed by atoms with E-state index in [0.29, 0.717) is 11.3 Å². The normalized spacial score (nSPS) is 8.77. The Kier molecular flexibility index (Phi) is 4.80. The van der Waals surface area contributed by atoms with E-state index in [0.717, 1.165) is 4.47 Å². The molecule has 0 spiro atoms. The predicted molar refractivity (Wildman–Crippen MR) is 57.1 cm³/mol. The number of halogens is 2. The van der Waals surface area contributed by atoms with E-state index in [1.807, 2.05) is 0 Å². The summed E-state index contributed by atoms with van der Waals surface area (Å²) in [6.45, 7) is 0. The van der Waals surface area contributed by atoms with Crippen LogP contribution in [0.5, 0.6) is 0 Å². The van der Waals surface area contributed by atoms with Gasteiger partial charge in [0.25, 0.3) is 0 Å². The van der Waals surface area contributed by atoms with Gasteiger partial charge in [-0.2, -0.15) is 0 Å². The van der Waals surface area contributed by atoms with E-state index >= 15 is 0 Å². The summed E-state index contributed by atoms with van der Waals surface area (Å²) in [6.07, 6.45) is 0. The number of hydrogen-bond donors (Lipinski definition) is 1. The number of nitrogen functional groups attached to an aromatic ring is 1. The Bertz CT molecular complexity index is 297. The molecule has 0 aromatic heterocycles. The predicted octanol–water partition coefficient (Wildman–Crippen LogP) is 2.24. The van der Waals surface area contributed by atoms with Crippen LogP contribution in [0, 0.1) is 0 Å². The van der Waals surface area contributed by atoms with E-state index in [9.17, 15) is 4.79 Å². The smallest absolute Gasteiger partial charge is 0.337 e. The highest BCUT2D eigenvalue weighted by Crippen LogP contribution is 2.17. The van der Waals surface area contributed by atoms with Gasteiger partial charge >= 0.3 is 5.97 Å². The summed E-state index contributed by atoms with van der Waals surface area (Å²) < 4.78 is 5.30. The van der Waals surface area contributed by atoms with Gasteiger partial charge < -0.3 is 10.5 Å². The first kappa shape index (κ1) is 12.3. The quantitative estimate of drug-likeness (QED) is 0.626. The summed E-state index contributed by atoms with van der Waals surface area (Å²) in [7, 11) is 1.33. The van der Waals surface area contributed by atoms with E-state index in [2.05, 4.69) is 20.7 Å². The second-order valence-electron chi connectivity index (χ2n) is 2.26. The van der Waals surface area contributed by atoms with Gasteiger partial charge in [0.2, 0.25) is 0 Å². The van der Waals surface area contributed by atoms with Crippen molar-refractivity contribution in [2.75, 3.05) is 12.8 Å². The molecular weight excluding hydrogens is 257 g/mol. The van der Waals surface area contributed by atoms with Crippen molar-refractivity contribution in [3.05, 3.63) is 28.2 Å². The summed E-state index contributed by atoms with van der Waals surface area (Å²) in [5.74, 6) is -0.386. The third-order valence-corrected chi connectivity index (χ3v) is 1.80. The van der Waals surface area contributed by atoms with Gasteiger partial charge in [0.1, 0.15) is 0 Å². The summed E-state index contributed by atoms with van der Waals surface area (Å²) >= 11 is 3.22. The van der Waals surface area contributed by atoms with E-state index in [4.69, 9.17) is 5.73 Å². The minimum absolute atomic E-state index is 0. The van der Waals surface area contributed by atoms with Gasteiger partial charge in [-0.25, -0.2) is 4.79 Å². The van der Waals surface area contributed by atoms with Gasteiger partial charge in [0, 0.05) is 10.2 Å². The molecule has 0 aliphatic rings. The lowest BCUT2D eigenvalue weighted by Crippen LogP contribution is -2.01. The monoisotopic (exact) mass is 265 g/mol. The van der Waals surface area contributed by atoms with Gasteiger partial charge in [-0.05, 0) is 18.2 Å².